The van der Waals surface area contributed by atoms with Gasteiger partial charge in [-0.1, -0.05) is 95.6 Å². The lowest BCUT2D eigenvalue weighted by Crippen LogP contribution is -2.46. The highest BCUT2D eigenvalue weighted by atomic mass is 79.9. The summed E-state index contributed by atoms with van der Waals surface area (Å²) in [5.74, 6) is -0.00837. The van der Waals surface area contributed by atoms with Crippen LogP contribution in [0.5, 0.6) is 0 Å². The zero-order valence-electron chi connectivity index (χ0n) is 12.6. The monoisotopic (exact) mass is 768 g/mol. The Kier molecular flexibility index (Phi) is 15.3. The summed E-state index contributed by atoms with van der Waals surface area (Å²) >= 11 is 27.1. The number of phosphoric acid groups is 1. The summed E-state index contributed by atoms with van der Waals surface area (Å²) in [5, 5.41) is 1.97. The average Bonchev–Trinajstić information content (AvgIpc) is 2.49. The minimum Gasteiger partial charge on any atom is -0.303 e. The van der Waals surface area contributed by atoms with Gasteiger partial charge in [-0.15, -0.1) is 11.6 Å². The van der Waals surface area contributed by atoms with Crippen LogP contribution in [0.4, 0.5) is 0 Å². The zero-order chi connectivity index (χ0) is 19.0. The Morgan fingerprint density at radius 1 is 0.958 bits per heavy atom. The van der Waals surface area contributed by atoms with Gasteiger partial charge >= 0.3 is 7.82 Å². The highest BCUT2D eigenvalue weighted by Crippen LogP contribution is 2.51. The van der Waals surface area contributed by atoms with Crippen LogP contribution in [-0.4, -0.2) is 51.7 Å². The van der Waals surface area contributed by atoms with Gasteiger partial charge in [-0.3, -0.25) is 4.52 Å². The molecule has 0 spiro atoms. The minimum absolute atomic E-state index is 0.0115. The first kappa shape index (κ1) is 27.3. The molecule has 0 bridgehead atoms. The molecule has 0 fully saturated rings. The molecule has 4 nitrogen and oxygen atoms in total. The molecule has 24 heavy (non-hydrogen) atoms. The van der Waals surface area contributed by atoms with Gasteiger partial charge in [-0.2, -0.15) is 0 Å². The van der Waals surface area contributed by atoms with Crippen molar-refractivity contribution in [2.75, 3.05) is 21.9 Å². The molecule has 0 aliphatic rings. The first-order valence-electron chi connectivity index (χ1n) is 6.95. The normalized spacial score (nSPS) is 20.2. The molecule has 4 atom stereocenters. The molecule has 2 N–H and O–H groups in total. The number of hydrogen-bond donors (Lipinski definition) is 2. The Morgan fingerprint density at radius 2 is 1.38 bits per heavy atom. The molecule has 0 saturated heterocycles. The second kappa shape index (κ2) is 13.5. The van der Waals surface area contributed by atoms with Crippen molar-refractivity contribution in [3.05, 3.63) is 0 Å². The van der Waals surface area contributed by atoms with Crippen molar-refractivity contribution >= 4 is 115 Å². The van der Waals surface area contributed by atoms with Crippen molar-refractivity contribution < 1.29 is 18.9 Å². The lowest BCUT2D eigenvalue weighted by Gasteiger charge is -2.42. The summed E-state index contributed by atoms with van der Waals surface area (Å²) in [7, 11) is -4.70. The van der Waals surface area contributed by atoms with E-state index in [0.29, 0.717) is 35.3 Å². The molecule has 146 valence electrons. The highest BCUT2D eigenvalue weighted by molar-refractivity contribution is 9.12. The number of halogens is 7. The van der Waals surface area contributed by atoms with E-state index < -0.39 is 13.4 Å². The summed E-state index contributed by atoms with van der Waals surface area (Å²) in [5.41, 5.74) is -1.07. The third-order valence-electron chi connectivity index (χ3n) is 3.41. The molecule has 0 rings (SSSR count). The summed E-state index contributed by atoms with van der Waals surface area (Å²) in [4.78, 5) is 19.2. The largest absolute Gasteiger partial charge is 0.470 e. The number of hydrogen-bond acceptors (Lipinski definition) is 2. The van der Waals surface area contributed by atoms with Crippen LogP contribution in [-0.2, 0) is 9.09 Å². The second-order valence-electron chi connectivity index (χ2n) is 5.40. The maximum absolute atomic E-state index is 11.7. The lowest BCUT2D eigenvalue weighted by molar-refractivity contribution is -0.0236. The van der Waals surface area contributed by atoms with Gasteiger partial charge < -0.3 is 9.79 Å². The van der Waals surface area contributed by atoms with Crippen LogP contribution in [0.1, 0.15) is 19.3 Å². The molecule has 0 aliphatic heterocycles. The van der Waals surface area contributed by atoms with Gasteiger partial charge in [0.2, 0.25) is 0 Å². The van der Waals surface area contributed by atoms with E-state index in [9.17, 15) is 14.4 Å². The molecule has 0 radical (unpaired) electrons. The summed E-state index contributed by atoms with van der Waals surface area (Å²) < 4.78 is 17.1. The third kappa shape index (κ3) is 10.7. The highest BCUT2D eigenvalue weighted by Gasteiger charge is 2.46. The molecule has 12 heteroatoms. The predicted octanol–water partition coefficient (Wildman–Crippen LogP) is 6.34. The van der Waals surface area contributed by atoms with Crippen LogP contribution in [0.25, 0.3) is 0 Å². The molecule has 0 aromatic carbocycles. The van der Waals surface area contributed by atoms with E-state index in [1.54, 1.807) is 0 Å². The first-order valence-corrected chi connectivity index (χ1v) is 15.1. The van der Waals surface area contributed by atoms with E-state index in [2.05, 4.69) is 95.6 Å². The predicted molar refractivity (Wildman–Crippen MR) is 123 cm³/mol. The molecular formula is C12H20Br6ClO4P. The maximum atomic E-state index is 11.7. The Morgan fingerprint density at radius 3 is 1.67 bits per heavy atom. The molecule has 0 aliphatic carbocycles. The van der Waals surface area contributed by atoms with E-state index in [1.807, 2.05) is 0 Å². The number of phosphoric ester groups is 1. The fourth-order valence-corrected chi connectivity index (χ4v) is 5.90. The van der Waals surface area contributed by atoms with Crippen molar-refractivity contribution in [1.29, 1.82) is 0 Å². The van der Waals surface area contributed by atoms with Crippen molar-refractivity contribution in [1.82, 2.24) is 0 Å². The van der Waals surface area contributed by atoms with Crippen LogP contribution < -0.4 is 0 Å². The molecule has 0 aromatic rings. The van der Waals surface area contributed by atoms with Gasteiger partial charge in [0.25, 0.3) is 0 Å². The zero-order valence-corrected chi connectivity index (χ0v) is 23.7. The second-order valence-corrected chi connectivity index (χ2v) is 12.7. The summed E-state index contributed by atoms with van der Waals surface area (Å²) in [6.45, 7) is 0. The minimum atomic E-state index is -4.70. The van der Waals surface area contributed by atoms with E-state index in [1.165, 1.54) is 0 Å². The third-order valence-corrected chi connectivity index (χ3v) is 11.3. The quantitative estimate of drug-likeness (QED) is 0.170. The SMILES string of the molecule is O=P(O)(O)OC(CC(Br)CBr)(CC(Br)CBr)C(CCl)CC(Br)CBr. The summed E-state index contributed by atoms with van der Waals surface area (Å²) in [6, 6.07) is 0. The van der Waals surface area contributed by atoms with Crippen molar-refractivity contribution in [3.8, 4) is 0 Å². The average molecular weight is 774 g/mol. The fourth-order valence-electron chi connectivity index (χ4n) is 2.45. The van der Waals surface area contributed by atoms with Gasteiger partial charge in [0, 0.05) is 42.3 Å². The van der Waals surface area contributed by atoms with E-state index in [4.69, 9.17) is 16.1 Å². The van der Waals surface area contributed by atoms with Gasteiger partial charge in [-0.05, 0) is 19.3 Å². The number of alkyl halides is 7. The van der Waals surface area contributed by atoms with Crippen LogP contribution in [0.15, 0.2) is 0 Å². The Labute approximate surface area is 199 Å². The smallest absolute Gasteiger partial charge is 0.303 e. The van der Waals surface area contributed by atoms with Crippen LogP contribution in [0, 0.1) is 5.92 Å². The maximum Gasteiger partial charge on any atom is 0.470 e. The fraction of sp³-hybridized carbons (Fsp3) is 1.00. The Bertz CT molecular complexity index is 390. The Hall–Kier alpha value is 3.28. The standard InChI is InChI=1S/C12H20Br6ClO4P/c13-4-9(16)1-8(7-19)12(2-10(17)5-14,3-11(18)6-15)23-24(20,21)22/h8-11H,1-7H2,(H2,20,21,22). The van der Waals surface area contributed by atoms with Gasteiger partial charge in [0.1, 0.15) is 0 Å². The molecular weight excluding hydrogens is 754 g/mol. The topological polar surface area (TPSA) is 66.8 Å². The summed E-state index contributed by atoms with van der Waals surface area (Å²) in [6.07, 6.45) is 1.45. The van der Waals surface area contributed by atoms with E-state index in [-0.39, 0.29) is 26.3 Å². The van der Waals surface area contributed by atoms with Gasteiger partial charge in [-0.25, -0.2) is 4.57 Å². The van der Waals surface area contributed by atoms with Crippen LogP contribution in [0.3, 0.4) is 0 Å². The lowest BCUT2D eigenvalue weighted by atomic mass is 9.79. The molecule has 0 saturated carbocycles. The Balaban J connectivity index is 5.84. The van der Waals surface area contributed by atoms with Crippen molar-refractivity contribution in [2.24, 2.45) is 5.92 Å². The van der Waals surface area contributed by atoms with Crippen molar-refractivity contribution in [2.45, 2.75) is 39.3 Å². The first-order chi connectivity index (χ1) is 11.0. The van der Waals surface area contributed by atoms with Crippen LogP contribution in [0.2, 0.25) is 0 Å². The molecule has 0 heterocycles. The van der Waals surface area contributed by atoms with E-state index >= 15 is 0 Å². The van der Waals surface area contributed by atoms with E-state index in [0.717, 1.165) is 0 Å². The molecule has 0 aromatic heterocycles. The molecule has 0 amide bonds. The van der Waals surface area contributed by atoms with Crippen molar-refractivity contribution in [3.63, 3.8) is 0 Å². The van der Waals surface area contributed by atoms with Gasteiger partial charge in [0.15, 0.2) is 0 Å². The van der Waals surface area contributed by atoms with Gasteiger partial charge in [0.05, 0.1) is 5.60 Å². The molecule has 4 unspecified atom stereocenters. The van der Waals surface area contributed by atoms with Crippen LogP contribution >= 0.6 is 115 Å². The number of rotatable bonds is 13.